The van der Waals surface area contributed by atoms with E-state index in [1.54, 1.807) is 11.0 Å². The third kappa shape index (κ3) is 3.99. The fourth-order valence-electron chi connectivity index (χ4n) is 2.28. The molecule has 1 aliphatic heterocycles. The maximum Gasteiger partial charge on any atom is 0.256 e. The lowest BCUT2D eigenvalue weighted by molar-refractivity contribution is 0.0743. The molecule has 0 aliphatic carbocycles. The van der Waals surface area contributed by atoms with E-state index in [2.05, 4.69) is 25.7 Å². The molecule has 1 heterocycles. The van der Waals surface area contributed by atoms with Gasteiger partial charge in [-0.1, -0.05) is 11.8 Å². The number of carbonyl (C=O) groups is 1. The van der Waals surface area contributed by atoms with Crippen molar-refractivity contribution in [1.82, 2.24) is 4.90 Å². The van der Waals surface area contributed by atoms with Crippen molar-refractivity contribution in [2.24, 2.45) is 5.73 Å². The van der Waals surface area contributed by atoms with Crippen molar-refractivity contribution in [3.63, 3.8) is 0 Å². The molecule has 0 saturated carbocycles. The van der Waals surface area contributed by atoms with Gasteiger partial charge in [0.25, 0.3) is 5.91 Å². The second kappa shape index (κ2) is 6.50. The van der Waals surface area contributed by atoms with Gasteiger partial charge in [-0.05, 0) is 32.0 Å². The van der Waals surface area contributed by atoms with Crippen LogP contribution in [0, 0.1) is 17.7 Å². The second-order valence-corrected chi connectivity index (χ2v) is 7.34. The van der Waals surface area contributed by atoms with Gasteiger partial charge in [-0.3, -0.25) is 4.79 Å². The molecule has 1 aliphatic rings. The standard InChI is InChI=1S/C16H19FN2OS/c1-16(2)11-19(8-9-21-16)15(20)13-10-12(4-3-7-18)5-6-14(13)17/h5-6,10H,7-9,11,18H2,1-2H3. The lowest BCUT2D eigenvalue weighted by atomic mass is 10.1. The number of nitrogens with two attached hydrogens (primary N) is 1. The molecule has 0 unspecified atom stereocenters. The van der Waals surface area contributed by atoms with Gasteiger partial charge < -0.3 is 10.6 Å². The molecule has 5 heteroatoms. The molecule has 0 aromatic heterocycles. The van der Waals surface area contributed by atoms with Gasteiger partial charge in [-0.15, -0.1) is 0 Å². The molecule has 0 spiro atoms. The van der Waals surface area contributed by atoms with E-state index in [1.165, 1.54) is 12.1 Å². The molecule has 0 bridgehead atoms. The summed E-state index contributed by atoms with van der Waals surface area (Å²) in [4.78, 5) is 14.3. The van der Waals surface area contributed by atoms with E-state index >= 15 is 0 Å². The highest BCUT2D eigenvalue weighted by molar-refractivity contribution is 8.00. The van der Waals surface area contributed by atoms with Crippen LogP contribution in [0.1, 0.15) is 29.8 Å². The molecular weight excluding hydrogens is 287 g/mol. The number of halogens is 1. The van der Waals surface area contributed by atoms with Crippen LogP contribution in [0.25, 0.3) is 0 Å². The fourth-order valence-corrected chi connectivity index (χ4v) is 3.39. The minimum Gasteiger partial charge on any atom is -0.336 e. The van der Waals surface area contributed by atoms with E-state index in [-0.39, 0.29) is 22.8 Å². The Kier molecular flexibility index (Phi) is 4.92. The molecule has 0 radical (unpaired) electrons. The Labute approximate surface area is 129 Å². The predicted octanol–water partition coefficient (Wildman–Crippen LogP) is 2.10. The lowest BCUT2D eigenvalue weighted by Crippen LogP contribution is -2.46. The zero-order valence-corrected chi connectivity index (χ0v) is 13.1. The van der Waals surface area contributed by atoms with Crippen LogP contribution in [-0.2, 0) is 0 Å². The van der Waals surface area contributed by atoms with Crippen molar-refractivity contribution in [2.45, 2.75) is 18.6 Å². The van der Waals surface area contributed by atoms with Crippen LogP contribution in [0.2, 0.25) is 0 Å². The summed E-state index contributed by atoms with van der Waals surface area (Å²) in [5, 5.41) is 0. The zero-order chi connectivity index (χ0) is 15.5. The van der Waals surface area contributed by atoms with Crippen LogP contribution in [0.3, 0.4) is 0 Å². The Morgan fingerprint density at radius 1 is 1.52 bits per heavy atom. The average Bonchev–Trinajstić information content (AvgIpc) is 2.44. The first kappa shape index (κ1) is 15.9. The topological polar surface area (TPSA) is 46.3 Å². The average molecular weight is 306 g/mol. The maximum absolute atomic E-state index is 14.0. The fraction of sp³-hybridized carbons (Fsp3) is 0.438. The van der Waals surface area contributed by atoms with Crippen molar-refractivity contribution < 1.29 is 9.18 Å². The maximum atomic E-state index is 14.0. The molecule has 1 aromatic rings. The molecule has 0 atom stereocenters. The molecule has 112 valence electrons. The van der Waals surface area contributed by atoms with Crippen LogP contribution < -0.4 is 5.73 Å². The smallest absolute Gasteiger partial charge is 0.256 e. The van der Waals surface area contributed by atoms with Gasteiger partial charge in [-0.2, -0.15) is 11.8 Å². The number of benzene rings is 1. The molecule has 1 amide bonds. The van der Waals surface area contributed by atoms with Gasteiger partial charge in [0.1, 0.15) is 5.82 Å². The van der Waals surface area contributed by atoms with E-state index in [4.69, 9.17) is 5.73 Å². The Hall–Kier alpha value is -1.51. The Balaban J connectivity index is 2.26. The quantitative estimate of drug-likeness (QED) is 0.808. The summed E-state index contributed by atoms with van der Waals surface area (Å²) in [6.07, 6.45) is 0. The van der Waals surface area contributed by atoms with Crippen LogP contribution in [0.5, 0.6) is 0 Å². The molecule has 21 heavy (non-hydrogen) atoms. The number of nitrogens with zero attached hydrogens (tertiary/aromatic N) is 1. The Bertz CT molecular complexity index is 604. The van der Waals surface area contributed by atoms with E-state index in [1.807, 2.05) is 11.8 Å². The van der Waals surface area contributed by atoms with E-state index in [0.717, 1.165) is 5.75 Å². The van der Waals surface area contributed by atoms with E-state index in [0.29, 0.717) is 18.7 Å². The summed E-state index contributed by atoms with van der Waals surface area (Å²) >= 11 is 1.83. The van der Waals surface area contributed by atoms with Gasteiger partial charge >= 0.3 is 0 Å². The number of amides is 1. The van der Waals surface area contributed by atoms with Crippen LogP contribution >= 0.6 is 11.8 Å². The van der Waals surface area contributed by atoms with E-state index < -0.39 is 5.82 Å². The summed E-state index contributed by atoms with van der Waals surface area (Å²) in [6.45, 7) is 5.69. The largest absolute Gasteiger partial charge is 0.336 e. The molecule has 2 N–H and O–H groups in total. The monoisotopic (exact) mass is 306 g/mol. The highest BCUT2D eigenvalue weighted by Gasteiger charge is 2.31. The highest BCUT2D eigenvalue weighted by atomic mass is 32.2. The number of rotatable bonds is 1. The lowest BCUT2D eigenvalue weighted by Gasteiger charge is -2.37. The third-order valence-corrected chi connectivity index (χ3v) is 4.54. The first-order valence-corrected chi connectivity index (χ1v) is 7.83. The second-order valence-electron chi connectivity index (χ2n) is 5.54. The Morgan fingerprint density at radius 2 is 2.29 bits per heavy atom. The minimum atomic E-state index is -0.505. The molecule has 1 saturated heterocycles. The number of thioether (sulfide) groups is 1. The minimum absolute atomic E-state index is 0.00134. The molecule has 3 nitrogen and oxygen atoms in total. The summed E-state index contributed by atoms with van der Waals surface area (Å²) in [5.74, 6) is 5.64. The van der Waals surface area contributed by atoms with Crippen LogP contribution in [0.4, 0.5) is 4.39 Å². The van der Waals surface area contributed by atoms with Gasteiger partial charge in [0.05, 0.1) is 12.1 Å². The van der Waals surface area contributed by atoms with Gasteiger partial charge in [0.15, 0.2) is 0 Å². The van der Waals surface area contributed by atoms with Crippen molar-refractivity contribution in [1.29, 1.82) is 0 Å². The molecule has 1 fully saturated rings. The summed E-state index contributed by atoms with van der Waals surface area (Å²) < 4.78 is 14.0. The molecule has 2 rings (SSSR count). The summed E-state index contributed by atoms with van der Waals surface area (Å²) in [5.41, 5.74) is 6.02. The van der Waals surface area contributed by atoms with E-state index in [9.17, 15) is 9.18 Å². The van der Waals surface area contributed by atoms with Crippen molar-refractivity contribution in [2.75, 3.05) is 25.4 Å². The third-order valence-electron chi connectivity index (χ3n) is 3.24. The first-order chi connectivity index (χ1) is 9.93. The van der Waals surface area contributed by atoms with Gasteiger partial charge in [-0.25, -0.2) is 4.39 Å². The van der Waals surface area contributed by atoms with Crippen molar-refractivity contribution in [3.8, 4) is 11.8 Å². The van der Waals surface area contributed by atoms with Crippen molar-refractivity contribution in [3.05, 3.63) is 35.1 Å². The van der Waals surface area contributed by atoms with Crippen LogP contribution in [-0.4, -0.2) is 40.9 Å². The highest BCUT2D eigenvalue weighted by Crippen LogP contribution is 2.30. The molecular formula is C16H19FN2OS. The first-order valence-electron chi connectivity index (χ1n) is 6.85. The van der Waals surface area contributed by atoms with Gasteiger partial charge in [0, 0.05) is 29.2 Å². The number of hydrogen-bond acceptors (Lipinski definition) is 3. The number of carbonyl (C=O) groups excluding carboxylic acids is 1. The van der Waals surface area contributed by atoms with Gasteiger partial charge in [0.2, 0.25) is 0 Å². The predicted molar refractivity (Wildman–Crippen MR) is 84.8 cm³/mol. The Morgan fingerprint density at radius 3 is 2.95 bits per heavy atom. The summed E-state index contributed by atoms with van der Waals surface area (Å²) in [7, 11) is 0. The normalized spacial score (nSPS) is 17.0. The number of hydrogen-bond donors (Lipinski definition) is 1. The summed E-state index contributed by atoms with van der Waals surface area (Å²) in [6, 6.07) is 4.36. The SMILES string of the molecule is CC1(C)CN(C(=O)c2cc(C#CCN)ccc2F)CCS1. The molecule has 1 aromatic carbocycles. The van der Waals surface area contributed by atoms with Crippen LogP contribution in [0.15, 0.2) is 18.2 Å². The zero-order valence-electron chi connectivity index (χ0n) is 12.3. The van der Waals surface area contributed by atoms with Crippen molar-refractivity contribution >= 4 is 17.7 Å².